The van der Waals surface area contributed by atoms with Crippen LogP contribution in [0.4, 0.5) is 0 Å². The molecular formula is C17H23NO4S. The van der Waals surface area contributed by atoms with Crippen LogP contribution in [0.1, 0.15) is 43.0 Å². The van der Waals surface area contributed by atoms with E-state index in [1.54, 1.807) is 18.2 Å². The van der Waals surface area contributed by atoms with E-state index in [1.165, 1.54) is 0 Å². The zero-order valence-corrected chi connectivity index (χ0v) is 14.2. The molecule has 0 unspecified atom stereocenters. The van der Waals surface area contributed by atoms with Crippen molar-refractivity contribution in [1.82, 2.24) is 5.32 Å². The molecule has 1 heterocycles. The van der Waals surface area contributed by atoms with Crippen molar-refractivity contribution in [1.29, 1.82) is 0 Å². The van der Waals surface area contributed by atoms with Gasteiger partial charge in [0, 0.05) is 28.2 Å². The van der Waals surface area contributed by atoms with E-state index >= 15 is 0 Å². The molecule has 23 heavy (non-hydrogen) atoms. The highest BCUT2D eigenvalue weighted by Crippen LogP contribution is 2.31. The molecule has 3 rings (SSSR count). The normalized spacial score (nSPS) is 24.7. The van der Waals surface area contributed by atoms with Gasteiger partial charge < -0.3 is 14.8 Å². The number of hydrogen-bond donors (Lipinski definition) is 1. The number of amides is 1. The van der Waals surface area contributed by atoms with Crippen molar-refractivity contribution < 1.29 is 18.5 Å². The zero-order chi connectivity index (χ0) is 16.2. The average Bonchev–Trinajstić information content (AvgIpc) is 2.61. The number of nitrogens with one attached hydrogen (secondary N) is 1. The molecule has 2 aliphatic rings. The fraction of sp³-hybridized carbons (Fsp3) is 0.588. The third-order valence-electron chi connectivity index (χ3n) is 4.45. The molecule has 0 saturated heterocycles. The van der Waals surface area contributed by atoms with Gasteiger partial charge in [-0.25, -0.2) is 0 Å². The van der Waals surface area contributed by atoms with Gasteiger partial charge in [0.25, 0.3) is 5.91 Å². The van der Waals surface area contributed by atoms with Gasteiger partial charge in [0.2, 0.25) is 0 Å². The molecule has 0 aromatic heterocycles. The van der Waals surface area contributed by atoms with Crippen molar-refractivity contribution in [2.45, 2.75) is 43.9 Å². The van der Waals surface area contributed by atoms with Crippen LogP contribution in [-0.2, 0) is 10.8 Å². The molecule has 1 aliphatic carbocycles. The average molecular weight is 337 g/mol. The van der Waals surface area contributed by atoms with Gasteiger partial charge in [-0.15, -0.1) is 0 Å². The predicted octanol–water partition coefficient (Wildman–Crippen LogP) is 2.27. The van der Waals surface area contributed by atoms with E-state index in [1.807, 2.05) is 6.92 Å². The lowest BCUT2D eigenvalue weighted by Crippen LogP contribution is -2.47. The number of benzene rings is 1. The van der Waals surface area contributed by atoms with Crippen LogP contribution in [-0.4, -0.2) is 40.4 Å². The second kappa shape index (κ2) is 7.34. The van der Waals surface area contributed by atoms with E-state index in [4.69, 9.17) is 9.47 Å². The molecule has 1 fully saturated rings. The van der Waals surface area contributed by atoms with Crippen LogP contribution in [0, 0.1) is 0 Å². The van der Waals surface area contributed by atoms with Crippen molar-refractivity contribution >= 4 is 16.7 Å². The molecule has 1 amide bonds. The van der Waals surface area contributed by atoms with Crippen LogP contribution < -0.4 is 14.8 Å². The summed E-state index contributed by atoms with van der Waals surface area (Å²) in [6.07, 6.45) is 3.98. The summed E-state index contributed by atoms with van der Waals surface area (Å²) in [7, 11) is -0.878. The molecule has 1 saturated carbocycles. The maximum atomic E-state index is 12.5. The number of ether oxygens (including phenoxy) is 2. The van der Waals surface area contributed by atoms with Crippen molar-refractivity contribution in [2.75, 3.05) is 19.0 Å². The van der Waals surface area contributed by atoms with Crippen molar-refractivity contribution in [2.24, 2.45) is 0 Å². The van der Waals surface area contributed by atoms with Gasteiger partial charge in [0.15, 0.2) is 11.5 Å². The summed E-state index contributed by atoms with van der Waals surface area (Å²) >= 11 is 0. The molecule has 6 heteroatoms. The topological polar surface area (TPSA) is 64.6 Å². The molecule has 1 aliphatic heterocycles. The summed E-state index contributed by atoms with van der Waals surface area (Å²) in [5.74, 6) is 1.80. The molecule has 0 bridgehead atoms. The van der Waals surface area contributed by atoms with Crippen LogP contribution in [0.2, 0.25) is 0 Å². The Hall–Kier alpha value is -1.56. The van der Waals surface area contributed by atoms with E-state index in [-0.39, 0.29) is 17.2 Å². The Balaban J connectivity index is 1.71. The molecule has 5 nitrogen and oxygen atoms in total. The third kappa shape index (κ3) is 3.68. The molecule has 0 radical (unpaired) electrons. The van der Waals surface area contributed by atoms with E-state index in [9.17, 15) is 9.00 Å². The lowest BCUT2D eigenvalue weighted by atomic mass is 9.94. The number of rotatable bonds is 4. The van der Waals surface area contributed by atoms with Gasteiger partial charge in [0.1, 0.15) is 13.2 Å². The summed E-state index contributed by atoms with van der Waals surface area (Å²) in [5, 5.41) is 3.14. The van der Waals surface area contributed by atoms with E-state index in [2.05, 4.69) is 5.32 Å². The first-order valence-corrected chi connectivity index (χ1v) is 9.65. The van der Waals surface area contributed by atoms with E-state index in [0.29, 0.717) is 36.0 Å². The molecule has 126 valence electrons. The molecule has 0 spiro atoms. The van der Waals surface area contributed by atoms with Gasteiger partial charge in [-0.05, 0) is 31.0 Å². The maximum Gasteiger partial charge on any atom is 0.251 e. The first-order valence-electron chi connectivity index (χ1n) is 8.26. The van der Waals surface area contributed by atoms with Crippen molar-refractivity contribution in [3.8, 4) is 11.5 Å². The highest BCUT2D eigenvalue weighted by molar-refractivity contribution is 7.85. The second-order valence-corrected chi connectivity index (χ2v) is 7.88. The van der Waals surface area contributed by atoms with Crippen molar-refractivity contribution in [3.05, 3.63) is 23.8 Å². The fourth-order valence-corrected chi connectivity index (χ4v) is 4.66. The molecular weight excluding hydrogens is 314 g/mol. The molecule has 1 N–H and O–H groups in total. The lowest BCUT2D eigenvalue weighted by Gasteiger charge is -2.31. The summed E-state index contributed by atoms with van der Waals surface area (Å²) in [6, 6.07) is 5.23. The Morgan fingerprint density at radius 1 is 1.22 bits per heavy atom. The molecule has 3 atom stereocenters. The molecule has 1 aromatic rings. The highest BCUT2D eigenvalue weighted by Gasteiger charge is 2.30. The standard InChI is InChI=1S/C17H23NO4S/c1-2-23(20)16-6-4-3-5-13(16)18-17(19)12-7-8-14-15(11-12)22-10-9-21-14/h7-8,11,13,16H,2-6,9-10H2,1H3,(H,18,19)/t13-,16-,23+/m0/s1. The first kappa shape index (κ1) is 16.3. The quantitative estimate of drug-likeness (QED) is 0.915. The fourth-order valence-electron chi connectivity index (χ4n) is 3.23. The Morgan fingerprint density at radius 3 is 2.74 bits per heavy atom. The van der Waals surface area contributed by atoms with Crippen LogP contribution >= 0.6 is 0 Å². The largest absolute Gasteiger partial charge is 0.486 e. The van der Waals surface area contributed by atoms with Crippen LogP contribution in [0.25, 0.3) is 0 Å². The maximum absolute atomic E-state index is 12.5. The Labute approximate surface area is 139 Å². The summed E-state index contributed by atoms with van der Waals surface area (Å²) in [6.45, 7) is 2.97. The van der Waals surface area contributed by atoms with Crippen LogP contribution in [0.5, 0.6) is 11.5 Å². The minimum absolute atomic E-state index is 0.00904. The van der Waals surface area contributed by atoms with Gasteiger partial charge in [-0.1, -0.05) is 19.8 Å². The minimum atomic E-state index is -0.878. The zero-order valence-electron chi connectivity index (χ0n) is 13.4. The summed E-state index contributed by atoms with van der Waals surface area (Å²) in [5.41, 5.74) is 0.556. The number of carbonyl (C=O) groups is 1. The van der Waals surface area contributed by atoms with Crippen LogP contribution in [0.3, 0.4) is 0 Å². The second-order valence-electron chi connectivity index (χ2n) is 5.93. The number of carbonyl (C=O) groups excluding carboxylic acids is 1. The van der Waals surface area contributed by atoms with Crippen molar-refractivity contribution in [3.63, 3.8) is 0 Å². The lowest BCUT2D eigenvalue weighted by molar-refractivity contribution is 0.0928. The number of hydrogen-bond acceptors (Lipinski definition) is 4. The van der Waals surface area contributed by atoms with E-state index < -0.39 is 10.8 Å². The predicted molar refractivity (Wildman–Crippen MR) is 89.6 cm³/mol. The Morgan fingerprint density at radius 2 is 1.96 bits per heavy atom. The monoisotopic (exact) mass is 337 g/mol. The van der Waals surface area contributed by atoms with Gasteiger partial charge in [-0.3, -0.25) is 9.00 Å². The summed E-state index contributed by atoms with van der Waals surface area (Å²) < 4.78 is 23.2. The summed E-state index contributed by atoms with van der Waals surface area (Å²) in [4.78, 5) is 12.5. The minimum Gasteiger partial charge on any atom is -0.486 e. The Kier molecular flexibility index (Phi) is 5.20. The Bertz CT molecular complexity index is 604. The van der Waals surface area contributed by atoms with Gasteiger partial charge in [-0.2, -0.15) is 0 Å². The first-order chi connectivity index (χ1) is 11.2. The smallest absolute Gasteiger partial charge is 0.251 e. The highest BCUT2D eigenvalue weighted by atomic mass is 32.2. The third-order valence-corrected chi connectivity index (χ3v) is 6.25. The van der Waals surface area contributed by atoms with E-state index in [0.717, 1.165) is 25.7 Å². The van der Waals surface area contributed by atoms with Gasteiger partial charge in [0.05, 0.1) is 5.25 Å². The molecule has 1 aromatic carbocycles. The SMILES string of the molecule is CC[S@@](=O)[C@H]1CCCC[C@@H]1NC(=O)c1ccc2c(c1)OCCO2. The van der Waals surface area contributed by atoms with Crippen LogP contribution in [0.15, 0.2) is 18.2 Å². The van der Waals surface area contributed by atoms with Gasteiger partial charge >= 0.3 is 0 Å². The number of fused-ring (bicyclic) bond motifs is 1.